The fourth-order valence-electron chi connectivity index (χ4n) is 3.21. The van der Waals surface area contributed by atoms with Crippen molar-refractivity contribution < 1.29 is 19.0 Å². The molecule has 0 aliphatic rings. The van der Waals surface area contributed by atoms with Gasteiger partial charge in [-0.1, -0.05) is 88.0 Å². The first-order valence-corrected chi connectivity index (χ1v) is 13.0. The molecule has 0 fully saturated rings. The molecule has 8 heteroatoms. The van der Waals surface area contributed by atoms with Crippen LogP contribution in [0, 0.1) is 0 Å². The fraction of sp³-hybridized carbons (Fsp3) is 0.269. The van der Waals surface area contributed by atoms with Gasteiger partial charge in [0.1, 0.15) is 23.9 Å². The second-order valence-corrected chi connectivity index (χ2v) is 9.32. The van der Waals surface area contributed by atoms with Crippen molar-refractivity contribution in [3.05, 3.63) is 74.7 Å². The molecule has 0 aromatic heterocycles. The molecule has 0 spiro atoms. The van der Waals surface area contributed by atoms with Crippen LogP contribution in [0.3, 0.4) is 0 Å². The van der Waals surface area contributed by atoms with Gasteiger partial charge in [-0.15, -0.1) is 0 Å². The van der Waals surface area contributed by atoms with Crippen molar-refractivity contribution >= 4 is 57.0 Å². The molecule has 0 saturated carbocycles. The summed E-state index contributed by atoms with van der Waals surface area (Å²) in [6.07, 6.45) is 2.39. The molecule has 180 valence electrons. The summed E-state index contributed by atoms with van der Waals surface area (Å²) >= 11 is 23.1. The maximum absolute atomic E-state index is 11.4. The minimum atomic E-state index is 0.166. The Kier molecular flexibility index (Phi) is 10.4. The van der Waals surface area contributed by atoms with Crippen molar-refractivity contribution in [3.8, 4) is 28.4 Å². The third-order valence-corrected chi connectivity index (χ3v) is 6.60. The lowest BCUT2D eigenvalue weighted by Crippen LogP contribution is -2.02. The standard InChI is InChI=1S/C26H24BrCl3O4/c1-2-11-32-23-14-24(21(28)13-18(23)15-31)34-16-17-6-3-7-19(25(17)29)20-8-4-9-22(26(20)30)33-12-5-10-27/h3-4,6-9,13-15H,2,5,10-12,16H2,1H3. The first-order chi connectivity index (χ1) is 16.5. The van der Waals surface area contributed by atoms with Crippen LogP contribution in [-0.2, 0) is 6.61 Å². The maximum Gasteiger partial charge on any atom is 0.153 e. The molecule has 0 N–H and O–H groups in total. The molecule has 0 aliphatic heterocycles. The summed E-state index contributed by atoms with van der Waals surface area (Å²) in [6.45, 7) is 3.19. The molecule has 0 bridgehead atoms. The van der Waals surface area contributed by atoms with Crippen LogP contribution in [0.15, 0.2) is 48.5 Å². The van der Waals surface area contributed by atoms with Gasteiger partial charge in [-0.25, -0.2) is 0 Å². The molecular formula is C26H24BrCl3O4. The van der Waals surface area contributed by atoms with Gasteiger partial charge in [0.15, 0.2) is 6.29 Å². The Morgan fingerprint density at radius 2 is 1.56 bits per heavy atom. The van der Waals surface area contributed by atoms with E-state index in [1.54, 1.807) is 6.07 Å². The average molecular weight is 587 g/mol. The molecule has 0 heterocycles. The molecule has 0 saturated heterocycles. The number of hydrogen-bond donors (Lipinski definition) is 0. The van der Waals surface area contributed by atoms with Crippen LogP contribution in [0.25, 0.3) is 11.1 Å². The Bertz CT molecular complexity index is 1140. The number of alkyl halides is 1. The number of rotatable bonds is 12. The third kappa shape index (κ3) is 6.60. The molecular weight excluding hydrogens is 563 g/mol. The monoisotopic (exact) mass is 584 g/mol. The minimum absolute atomic E-state index is 0.166. The predicted molar refractivity (Wildman–Crippen MR) is 143 cm³/mol. The van der Waals surface area contributed by atoms with E-state index >= 15 is 0 Å². The fourth-order valence-corrected chi connectivity index (χ4v) is 4.23. The lowest BCUT2D eigenvalue weighted by Gasteiger charge is -2.16. The van der Waals surface area contributed by atoms with E-state index in [9.17, 15) is 4.79 Å². The van der Waals surface area contributed by atoms with Crippen LogP contribution in [0.4, 0.5) is 0 Å². The highest BCUT2D eigenvalue weighted by molar-refractivity contribution is 9.09. The molecule has 3 aromatic carbocycles. The van der Waals surface area contributed by atoms with Crippen molar-refractivity contribution in [2.45, 2.75) is 26.4 Å². The average Bonchev–Trinajstić information content (AvgIpc) is 2.84. The van der Waals surface area contributed by atoms with E-state index in [2.05, 4.69) is 15.9 Å². The minimum Gasteiger partial charge on any atom is -0.493 e. The van der Waals surface area contributed by atoms with Crippen molar-refractivity contribution in [1.82, 2.24) is 0 Å². The topological polar surface area (TPSA) is 44.8 Å². The van der Waals surface area contributed by atoms with Crippen molar-refractivity contribution in [3.63, 3.8) is 0 Å². The summed E-state index contributed by atoms with van der Waals surface area (Å²) in [7, 11) is 0. The Balaban J connectivity index is 1.84. The zero-order valence-corrected chi connectivity index (χ0v) is 22.4. The predicted octanol–water partition coefficient (Wildman–Crippen LogP) is 8.66. The lowest BCUT2D eigenvalue weighted by molar-refractivity contribution is 0.111. The van der Waals surface area contributed by atoms with E-state index in [0.29, 0.717) is 57.4 Å². The summed E-state index contributed by atoms with van der Waals surface area (Å²) in [6, 6.07) is 14.5. The normalized spacial score (nSPS) is 10.7. The van der Waals surface area contributed by atoms with E-state index in [0.717, 1.165) is 34.9 Å². The van der Waals surface area contributed by atoms with Gasteiger partial charge < -0.3 is 14.2 Å². The van der Waals surface area contributed by atoms with Gasteiger partial charge in [0, 0.05) is 28.1 Å². The summed E-state index contributed by atoms with van der Waals surface area (Å²) in [5, 5.41) is 2.19. The highest BCUT2D eigenvalue weighted by Gasteiger charge is 2.16. The summed E-state index contributed by atoms with van der Waals surface area (Å²) < 4.78 is 17.4. The summed E-state index contributed by atoms with van der Waals surface area (Å²) in [4.78, 5) is 11.4. The van der Waals surface area contributed by atoms with Gasteiger partial charge in [-0.05, 0) is 25.0 Å². The van der Waals surface area contributed by atoms with E-state index in [4.69, 9.17) is 49.0 Å². The number of carbonyl (C=O) groups excluding carboxylic acids is 1. The number of ether oxygens (including phenoxy) is 3. The molecule has 0 radical (unpaired) electrons. The second kappa shape index (κ2) is 13.2. The van der Waals surface area contributed by atoms with Gasteiger partial charge >= 0.3 is 0 Å². The molecule has 34 heavy (non-hydrogen) atoms. The first kappa shape index (κ1) is 26.7. The largest absolute Gasteiger partial charge is 0.493 e. The van der Waals surface area contributed by atoms with Crippen molar-refractivity contribution in [2.24, 2.45) is 0 Å². The Morgan fingerprint density at radius 3 is 2.26 bits per heavy atom. The Hall–Kier alpha value is -1.92. The van der Waals surface area contributed by atoms with E-state index in [-0.39, 0.29) is 6.61 Å². The zero-order valence-electron chi connectivity index (χ0n) is 18.6. The van der Waals surface area contributed by atoms with Crippen LogP contribution in [0.1, 0.15) is 35.7 Å². The van der Waals surface area contributed by atoms with E-state index < -0.39 is 0 Å². The molecule has 0 atom stereocenters. The first-order valence-electron chi connectivity index (χ1n) is 10.8. The second-order valence-electron chi connectivity index (χ2n) is 7.36. The van der Waals surface area contributed by atoms with Crippen LogP contribution in [0.2, 0.25) is 15.1 Å². The Morgan fingerprint density at radius 1 is 0.853 bits per heavy atom. The zero-order chi connectivity index (χ0) is 24.5. The number of hydrogen-bond acceptors (Lipinski definition) is 4. The highest BCUT2D eigenvalue weighted by Crippen LogP contribution is 2.40. The van der Waals surface area contributed by atoms with Crippen LogP contribution in [0.5, 0.6) is 17.2 Å². The smallest absolute Gasteiger partial charge is 0.153 e. The molecule has 0 aliphatic carbocycles. The molecule has 3 aromatic rings. The van der Waals surface area contributed by atoms with Gasteiger partial charge in [0.25, 0.3) is 0 Å². The molecule has 3 rings (SSSR count). The third-order valence-electron chi connectivity index (χ3n) is 4.90. The SMILES string of the molecule is CCCOc1cc(OCc2cccc(-c3cccc(OCCCBr)c3Cl)c2Cl)c(Cl)cc1C=O. The van der Waals surface area contributed by atoms with E-state index in [1.165, 1.54) is 6.07 Å². The van der Waals surface area contributed by atoms with Gasteiger partial charge in [0.05, 0.1) is 33.8 Å². The van der Waals surface area contributed by atoms with Crippen molar-refractivity contribution in [1.29, 1.82) is 0 Å². The maximum atomic E-state index is 11.4. The Labute approximate surface area is 223 Å². The van der Waals surface area contributed by atoms with Gasteiger partial charge in [-0.3, -0.25) is 4.79 Å². The van der Waals surface area contributed by atoms with E-state index in [1.807, 2.05) is 43.3 Å². The summed E-state index contributed by atoms with van der Waals surface area (Å²) in [5.41, 5.74) is 2.67. The van der Waals surface area contributed by atoms with Crippen LogP contribution >= 0.6 is 50.7 Å². The van der Waals surface area contributed by atoms with Gasteiger partial charge in [-0.2, -0.15) is 0 Å². The quantitative estimate of drug-likeness (QED) is 0.121. The number of benzene rings is 3. The van der Waals surface area contributed by atoms with Crippen molar-refractivity contribution in [2.75, 3.05) is 18.5 Å². The van der Waals surface area contributed by atoms with Gasteiger partial charge in [0.2, 0.25) is 0 Å². The summed E-state index contributed by atoms with van der Waals surface area (Å²) in [5.74, 6) is 1.44. The lowest BCUT2D eigenvalue weighted by atomic mass is 10.0. The number of aldehydes is 1. The van der Waals surface area contributed by atoms with Crippen LogP contribution < -0.4 is 14.2 Å². The molecule has 4 nitrogen and oxygen atoms in total. The number of halogens is 4. The van der Waals surface area contributed by atoms with Crippen LogP contribution in [-0.4, -0.2) is 24.8 Å². The number of carbonyl (C=O) groups is 1. The molecule has 0 unspecified atom stereocenters. The molecule has 0 amide bonds. The highest BCUT2D eigenvalue weighted by atomic mass is 79.9.